The first-order valence-electron chi connectivity index (χ1n) is 16.2. The molecule has 0 spiro atoms. The molecule has 2 aliphatic heterocycles. The lowest BCUT2D eigenvalue weighted by molar-refractivity contribution is -0.385. The highest BCUT2D eigenvalue weighted by molar-refractivity contribution is 6.07. The van der Waals surface area contributed by atoms with Gasteiger partial charge in [-0.25, -0.2) is 0 Å². The minimum atomic E-state index is -2.15. The fourth-order valence-electron chi connectivity index (χ4n) is 6.38. The molecule has 0 fully saturated rings. The average molecular weight is 677 g/mol. The number of nitrogens with zero attached hydrogens (tertiary/aromatic N) is 4. The summed E-state index contributed by atoms with van der Waals surface area (Å²) in [4.78, 5) is 55.6. The molecule has 256 valence electrons. The Morgan fingerprint density at radius 3 is 2.44 bits per heavy atom. The molecule has 0 aliphatic carbocycles. The number of aliphatic hydroxyl groups is 2. The molecule has 2 aliphatic rings. The quantitative estimate of drug-likeness (QED) is 0.121. The zero-order valence-electron chi connectivity index (χ0n) is 27.3. The summed E-state index contributed by atoms with van der Waals surface area (Å²) in [5, 5.41) is 33.3. The number of nitro groups is 1. The minimum Gasteiger partial charge on any atom is -0.482 e. The Morgan fingerprint density at radius 1 is 1.00 bits per heavy atom. The van der Waals surface area contributed by atoms with E-state index in [1.54, 1.807) is 60.4 Å². The summed E-state index contributed by atoms with van der Waals surface area (Å²) >= 11 is 0. The van der Waals surface area contributed by atoms with Crippen molar-refractivity contribution in [2.45, 2.75) is 32.0 Å². The van der Waals surface area contributed by atoms with Crippen molar-refractivity contribution in [3.05, 3.63) is 136 Å². The van der Waals surface area contributed by atoms with E-state index in [2.05, 4.69) is 0 Å². The Kier molecular flexibility index (Phi) is 9.75. The molecule has 0 unspecified atom stereocenters. The second-order valence-corrected chi connectivity index (χ2v) is 12.2. The SMILES string of the molecule is C[C@H](/C=C/CC(=O)N(CCO)Cc1ccccc1)[C@@]1(O)C(=O)N(Cc2ccc(N3C(=O)COc4ccccc43)cc2)c2ccc([N+](=O)[O-])cc21. The van der Waals surface area contributed by atoms with Crippen molar-refractivity contribution in [2.24, 2.45) is 5.92 Å². The summed E-state index contributed by atoms with van der Waals surface area (Å²) in [5.74, 6) is -1.43. The van der Waals surface area contributed by atoms with Crippen LogP contribution in [0.1, 0.15) is 30.0 Å². The van der Waals surface area contributed by atoms with E-state index in [0.29, 0.717) is 34.9 Å². The van der Waals surface area contributed by atoms with Crippen molar-refractivity contribution in [1.82, 2.24) is 4.90 Å². The van der Waals surface area contributed by atoms with Crippen molar-refractivity contribution in [1.29, 1.82) is 0 Å². The van der Waals surface area contributed by atoms with Crippen LogP contribution in [0.2, 0.25) is 0 Å². The Labute approximate surface area is 288 Å². The third kappa shape index (κ3) is 6.58. The predicted molar refractivity (Wildman–Crippen MR) is 186 cm³/mol. The lowest BCUT2D eigenvalue weighted by atomic mass is 9.82. The van der Waals surface area contributed by atoms with Gasteiger partial charge in [-0.15, -0.1) is 0 Å². The zero-order valence-corrected chi connectivity index (χ0v) is 27.3. The number of amides is 3. The number of rotatable bonds is 12. The molecule has 4 aromatic rings. The van der Waals surface area contributed by atoms with E-state index >= 15 is 0 Å². The van der Waals surface area contributed by atoms with Crippen LogP contribution in [0.4, 0.5) is 22.7 Å². The number of carbonyl (C=O) groups excluding carboxylic acids is 3. The number of hydrogen-bond acceptors (Lipinski definition) is 8. The molecule has 0 saturated carbocycles. The Hall–Kier alpha value is -5.85. The van der Waals surface area contributed by atoms with Gasteiger partial charge in [0.15, 0.2) is 12.2 Å². The van der Waals surface area contributed by atoms with Crippen molar-refractivity contribution < 1.29 is 34.3 Å². The summed E-state index contributed by atoms with van der Waals surface area (Å²) in [7, 11) is 0. The fraction of sp³-hybridized carbons (Fsp3) is 0.237. The van der Waals surface area contributed by atoms with Gasteiger partial charge >= 0.3 is 0 Å². The van der Waals surface area contributed by atoms with Crippen LogP contribution in [-0.4, -0.2) is 57.5 Å². The number of ether oxygens (including phenoxy) is 1. The molecule has 0 bridgehead atoms. The molecule has 6 rings (SSSR count). The number of para-hydroxylation sites is 2. The van der Waals surface area contributed by atoms with Crippen LogP contribution in [0, 0.1) is 16.0 Å². The molecule has 3 amide bonds. The summed E-state index contributed by atoms with van der Waals surface area (Å²) in [6.45, 7) is 1.81. The summed E-state index contributed by atoms with van der Waals surface area (Å²) in [6.07, 6.45) is 3.08. The van der Waals surface area contributed by atoms with Crippen molar-refractivity contribution in [3.8, 4) is 5.75 Å². The van der Waals surface area contributed by atoms with Crippen LogP contribution in [0.25, 0.3) is 0 Å². The summed E-state index contributed by atoms with van der Waals surface area (Å²) in [6, 6.07) is 27.6. The highest BCUT2D eigenvalue weighted by Crippen LogP contribution is 2.47. The molecule has 2 atom stereocenters. The van der Waals surface area contributed by atoms with E-state index in [9.17, 15) is 34.7 Å². The van der Waals surface area contributed by atoms with Gasteiger partial charge in [-0.1, -0.05) is 73.7 Å². The number of benzene rings is 4. The molecule has 0 aromatic heterocycles. The molecule has 0 radical (unpaired) electrons. The molecule has 0 saturated heterocycles. The van der Waals surface area contributed by atoms with Gasteiger partial charge in [0.25, 0.3) is 17.5 Å². The first-order valence-corrected chi connectivity index (χ1v) is 16.2. The van der Waals surface area contributed by atoms with Crippen molar-refractivity contribution in [2.75, 3.05) is 29.6 Å². The summed E-state index contributed by atoms with van der Waals surface area (Å²) in [5.41, 5.74) is 0.836. The Bertz CT molecular complexity index is 1950. The first-order chi connectivity index (χ1) is 24.1. The number of nitro benzene ring substituents is 1. The number of aliphatic hydroxyl groups excluding tert-OH is 1. The van der Waals surface area contributed by atoms with E-state index in [-0.39, 0.29) is 55.8 Å². The standard InChI is InChI=1S/C38H36N4O8/c1-26(8-7-13-35(44)39(20-21-43)23-27-9-3-2-4-10-27)38(47)31-22-30(42(48)49)18-19-32(31)40(37(38)46)24-28-14-16-29(17-15-28)41-33-11-5-6-12-34(33)50-25-36(41)45/h2-12,14-19,22,26,43,47H,13,20-21,23-25H2,1H3/b8-7+/t26-,38+/m1/s1. The molecular weight excluding hydrogens is 640 g/mol. The smallest absolute Gasteiger partial charge is 0.269 e. The van der Waals surface area contributed by atoms with Crippen molar-refractivity contribution >= 4 is 40.5 Å². The van der Waals surface area contributed by atoms with Gasteiger partial charge in [0.2, 0.25) is 5.91 Å². The number of non-ortho nitro benzene ring substituents is 1. The Morgan fingerprint density at radius 2 is 1.72 bits per heavy atom. The second kappa shape index (κ2) is 14.3. The Balaban J connectivity index is 1.22. The topological polar surface area (TPSA) is 154 Å². The molecule has 4 aromatic carbocycles. The van der Waals surface area contributed by atoms with Crippen LogP contribution < -0.4 is 14.5 Å². The van der Waals surface area contributed by atoms with Gasteiger partial charge in [-0.2, -0.15) is 0 Å². The number of hydrogen-bond donors (Lipinski definition) is 2. The zero-order chi connectivity index (χ0) is 35.4. The van der Waals surface area contributed by atoms with Crippen LogP contribution in [0.3, 0.4) is 0 Å². The minimum absolute atomic E-state index is 0.0460. The molecule has 12 heteroatoms. The number of anilines is 3. The van der Waals surface area contributed by atoms with E-state index in [1.165, 1.54) is 28.0 Å². The lowest BCUT2D eigenvalue weighted by Crippen LogP contribution is -2.44. The third-order valence-corrected chi connectivity index (χ3v) is 9.02. The van der Waals surface area contributed by atoms with Gasteiger partial charge in [0.1, 0.15) is 5.75 Å². The van der Waals surface area contributed by atoms with Crippen LogP contribution in [-0.2, 0) is 33.1 Å². The van der Waals surface area contributed by atoms with Crippen LogP contribution >= 0.6 is 0 Å². The highest BCUT2D eigenvalue weighted by atomic mass is 16.6. The van der Waals surface area contributed by atoms with Crippen LogP contribution in [0.15, 0.2) is 109 Å². The van der Waals surface area contributed by atoms with E-state index < -0.39 is 22.3 Å². The van der Waals surface area contributed by atoms with Gasteiger partial charge in [0.05, 0.1) is 29.4 Å². The van der Waals surface area contributed by atoms with Gasteiger partial charge in [-0.05, 0) is 41.5 Å². The van der Waals surface area contributed by atoms with Gasteiger partial charge in [0, 0.05) is 48.8 Å². The average Bonchev–Trinajstić information content (AvgIpc) is 3.34. The maximum atomic E-state index is 14.1. The van der Waals surface area contributed by atoms with Gasteiger partial charge in [-0.3, -0.25) is 29.4 Å². The van der Waals surface area contributed by atoms with Crippen molar-refractivity contribution in [3.63, 3.8) is 0 Å². The second-order valence-electron chi connectivity index (χ2n) is 12.2. The van der Waals surface area contributed by atoms with Gasteiger partial charge < -0.3 is 24.7 Å². The lowest BCUT2D eigenvalue weighted by Gasteiger charge is -2.29. The molecule has 12 nitrogen and oxygen atoms in total. The molecule has 2 heterocycles. The van der Waals surface area contributed by atoms with E-state index in [1.807, 2.05) is 42.5 Å². The third-order valence-electron chi connectivity index (χ3n) is 9.02. The largest absolute Gasteiger partial charge is 0.482 e. The number of carbonyl (C=O) groups is 3. The van der Waals surface area contributed by atoms with E-state index in [4.69, 9.17) is 4.74 Å². The predicted octanol–water partition coefficient (Wildman–Crippen LogP) is 4.99. The molecule has 2 N–H and O–H groups in total. The monoisotopic (exact) mass is 676 g/mol. The first kappa shape index (κ1) is 34.0. The number of fused-ring (bicyclic) bond motifs is 2. The van der Waals surface area contributed by atoms with E-state index in [0.717, 1.165) is 5.56 Å². The maximum absolute atomic E-state index is 14.1. The maximum Gasteiger partial charge on any atom is 0.269 e. The molecule has 50 heavy (non-hydrogen) atoms. The fourth-order valence-corrected chi connectivity index (χ4v) is 6.38. The van der Waals surface area contributed by atoms with Crippen LogP contribution in [0.5, 0.6) is 5.75 Å². The normalized spacial score (nSPS) is 17.3. The molecular formula is C38H36N4O8. The highest BCUT2D eigenvalue weighted by Gasteiger charge is 2.53. The summed E-state index contributed by atoms with van der Waals surface area (Å²) < 4.78 is 5.55.